The van der Waals surface area contributed by atoms with Crippen LogP contribution in [0.2, 0.25) is 0 Å². The molecule has 2 heterocycles. The van der Waals surface area contributed by atoms with Gasteiger partial charge in [0, 0.05) is 35.9 Å². The minimum Gasteiger partial charge on any atom is -0.479 e. The van der Waals surface area contributed by atoms with Gasteiger partial charge in [0.25, 0.3) is 5.91 Å². The van der Waals surface area contributed by atoms with Crippen LogP contribution in [0.15, 0.2) is 36.4 Å². The summed E-state index contributed by atoms with van der Waals surface area (Å²) in [6.45, 7) is 1.57. The summed E-state index contributed by atoms with van der Waals surface area (Å²) in [5.74, 6) is -12.7. The van der Waals surface area contributed by atoms with Crippen LogP contribution in [0, 0.1) is 29.2 Å². The summed E-state index contributed by atoms with van der Waals surface area (Å²) in [5, 5.41) is 5.59. The lowest BCUT2D eigenvalue weighted by Crippen LogP contribution is -2.48. The first kappa shape index (κ1) is 31.4. The van der Waals surface area contributed by atoms with Crippen molar-refractivity contribution in [2.75, 3.05) is 13.2 Å². The molecule has 3 amide bonds. The number of primary amides is 1. The third-order valence-corrected chi connectivity index (χ3v) is 7.11. The Hall–Kier alpha value is -4.49. The fourth-order valence-electron chi connectivity index (χ4n) is 5.08. The smallest absolute Gasteiger partial charge is 0.265 e. The van der Waals surface area contributed by atoms with Crippen LogP contribution < -0.4 is 21.1 Å². The number of carbonyl (C=O) groups excluding carboxylic acids is 4. The number of carbonyl (C=O) groups is 4. The number of amides is 3. The number of ether oxygens (including phenoxy) is 1. The Morgan fingerprint density at radius 2 is 1.77 bits per heavy atom. The van der Waals surface area contributed by atoms with Gasteiger partial charge in [0.05, 0.1) is 6.04 Å². The minimum absolute atomic E-state index is 0.0289. The lowest BCUT2D eigenvalue weighted by atomic mass is 9.94. The average Bonchev–Trinajstić information content (AvgIpc) is 3.52. The summed E-state index contributed by atoms with van der Waals surface area (Å²) in [5.41, 5.74) is 3.88. The van der Waals surface area contributed by atoms with Gasteiger partial charge >= 0.3 is 0 Å². The Kier molecular flexibility index (Phi) is 9.07. The third kappa shape index (κ3) is 6.95. The molecule has 9 nitrogen and oxygen atoms in total. The molecule has 0 saturated carbocycles. The van der Waals surface area contributed by atoms with Gasteiger partial charge in [-0.15, -0.1) is 0 Å². The van der Waals surface area contributed by atoms with E-state index in [9.17, 15) is 36.7 Å². The molecule has 0 bridgehead atoms. The maximum absolute atomic E-state index is 15.1. The maximum Gasteiger partial charge on any atom is 0.265 e. The average molecular weight is 609 g/mol. The number of para-hydroxylation sites is 1. The minimum atomic E-state index is -1.97. The summed E-state index contributed by atoms with van der Waals surface area (Å²) in [6, 6.07) is 5.02. The zero-order valence-corrected chi connectivity index (χ0v) is 23.2. The predicted molar refractivity (Wildman–Crippen MR) is 144 cm³/mol. The van der Waals surface area contributed by atoms with Crippen molar-refractivity contribution < 1.29 is 45.9 Å². The molecule has 0 spiro atoms. The zero-order valence-electron chi connectivity index (χ0n) is 23.2. The van der Waals surface area contributed by atoms with Gasteiger partial charge in [-0.2, -0.15) is 8.78 Å². The summed E-state index contributed by atoms with van der Waals surface area (Å²) in [4.78, 5) is 51.7. The van der Waals surface area contributed by atoms with Crippen molar-refractivity contribution in [1.29, 1.82) is 0 Å². The van der Waals surface area contributed by atoms with Crippen molar-refractivity contribution in [3.05, 3.63) is 65.4 Å². The topological polar surface area (TPSA) is 133 Å². The van der Waals surface area contributed by atoms with Crippen LogP contribution in [0.3, 0.4) is 0 Å². The van der Waals surface area contributed by atoms with Gasteiger partial charge in [0.2, 0.25) is 23.4 Å². The summed E-state index contributed by atoms with van der Waals surface area (Å²) in [6.07, 6.45) is -0.451. The summed E-state index contributed by atoms with van der Waals surface area (Å²) in [7, 11) is 0. The van der Waals surface area contributed by atoms with Crippen LogP contribution in [-0.2, 0) is 14.4 Å². The molecule has 43 heavy (non-hydrogen) atoms. The van der Waals surface area contributed by atoms with E-state index in [1.54, 1.807) is 24.3 Å². The van der Waals surface area contributed by atoms with Crippen molar-refractivity contribution >= 4 is 34.4 Å². The first-order valence-electron chi connectivity index (χ1n) is 13.3. The number of halogens is 5. The number of benzene rings is 2. The van der Waals surface area contributed by atoms with E-state index in [-0.39, 0.29) is 18.2 Å². The first-order chi connectivity index (χ1) is 20.2. The van der Waals surface area contributed by atoms with Crippen LogP contribution in [0.1, 0.15) is 49.6 Å². The Labute approximate surface area is 242 Å². The molecular weight excluding hydrogens is 579 g/mol. The number of nitrogens with zero attached hydrogens (tertiary/aromatic N) is 1. The fraction of sp³-hybridized carbons (Fsp3) is 0.379. The monoisotopic (exact) mass is 608 g/mol. The molecule has 230 valence electrons. The van der Waals surface area contributed by atoms with Crippen molar-refractivity contribution in [1.82, 2.24) is 15.2 Å². The Morgan fingerprint density at radius 1 is 1.12 bits per heavy atom. The molecule has 1 aliphatic heterocycles. The van der Waals surface area contributed by atoms with Crippen LogP contribution in [-0.4, -0.2) is 52.9 Å². The van der Waals surface area contributed by atoms with E-state index in [1.165, 1.54) is 24.5 Å². The molecule has 3 aromatic rings. The molecule has 1 aliphatic rings. The summed E-state index contributed by atoms with van der Waals surface area (Å²) >= 11 is 0. The molecule has 2 aromatic carbocycles. The maximum atomic E-state index is 15.1. The number of ketones is 1. The summed E-state index contributed by atoms with van der Waals surface area (Å²) < 4.78 is 76.6. The van der Waals surface area contributed by atoms with Crippen LogP contribution >= 0.6 is 0 Å². The van der Waals surface area contributed by atoms with E-state index >= 15 is 4.39 Å². The number of Topliss-reactive ketones (excluding diaryl/α,β-unsaturated/α-hetero) is 1. The number of hydrogen-bond acceptors (Lipinski definition) is 5. The number of fused-ring (bicyclic) bond motifs is 1. The van der Waals surface area contributed by atoms with E-state index in [2.05, 4.69) is 10.6 Å². The SMILES string of the molecule is CC(C)(F)C[C@@H](C(=O)N[C@@H](C[C@@H]1CCNC1=O)C(=O)COc1c(F)c(F)cc(F)c1F)n1c(C(N)=O)cc2ccccc21. The second-order valence-electron chi connectivity index (χ2n) is 10.9. The second kappa shape index (κ2) is 12.4. The highest BCUT2D eigenvalue weighted by Crippen LogP contribution is 2.32. The molecular formula is C29H29F5N4O5. The van der Waals surface area contributed by atoms with Gasteiger partial charge in [-0.3, -0.25) is 19.2 Å². The molecule has 4 N–H and O–H groups in total. The largest absolute Gasteiger partial charge is 0.479 e. The fourth-order valence-corrected chi connectivity index (χ4v) is 5.08. The van der Waals surface area contributed by atoms with E-state index in [4.69, 9.17) is 10.5 Å². The molecule has 1 saturated heterocycles. The lowest BCUT2D eigenvalue weighted by molar-refractivity contribution is -0.132. The van der Waals surface area contributed by atoms with Crippen molar-refractivity contribution in [2.45, 2.75) is 50.9 Å². The number of rotatable bonds is 12. The van der Waals surface area contributed by atoms with Crippen LogP contribution in [0.5, 0.6) is 5.75 Å². The molecule has 0 radical (unpaired) electrons. The van der Waals surface area contributed by atoms with Gasteiger partial charge in [-0.25, -0.2) is 13.2 Å². The van der Waals surface area contributed by atoms with Crippen molar-refractivity contribution in [3.8, 4) is 5.75 Å². The zero-order chi connectivity index (χ0) is 31.6. The Bertz CT molecular complexity index is 1560. The number of hydrogen-bond donors (Lipinski definition) is 3. The standard InChI is InChI=1S/C29H29F5N4O5/c1-29(2,34)12-21(38-19-6-4-3-5-14(19)10-20(38)26(35)40)28(42)37-18(9-15-7-8-36-27(15)41)22(39)13-43-25-23(32)16(30)11-17(31)24(25)33/h3-6,10-11,15,18,21H,7-9,12-13H2,1-2H3,(H2,35,40)(H,36,41)(H,37,42)/t15-,18-,21-/m0/s1. The molecule has 0 aliphatic carbocycles. The third-order valence-electron chi connectivity index (χ3n) is 7.11. The number of aromatic nitrogens is 1. The van der Waals surface area contributed by atoms with Gasteiger partial charge in [-0.1, -0.05) is 18.2 Å². The Morgan fingerprint density at radius 3 is 2.35 bits per heavy atom. The molecule has 3 atom stereocenters. The highest BCUT2D eigenvalue weighted by Gasteiger charge is 2.37. The normalized spacial score (nSPS) is 16.5. The van der Waals surface area contributed by atoms with E-state index in [0.717, 1.165) is 0 Å². The number of nitrogens with two attached hydrogens (primary N) is 1. The van der Waals surface area contributed by atoms with Crippen LogP contribution in [0.25, 0.3) is 10.9 Å². The second-order valence-corrected chi connectivity index (χ2v) is 10.9. The highest BCUT2D eigenvalue weighted by molar-refractivity contribution is 6.00. The van der Waals surface area contributed by atoms with E-state index < -0.39 is 89.2 Å². The molecule has 14 heteroatoms. The van der Waals surface area contributed by atoms with Crippen molar-refractivity contribution in [3.63, 3.8) is 0 Å². The highest BCUT2D eigenvalue weighted by atomic mass is 19.2. The van der Waals surface area contributed by atoms with Crippen LogP contribution in [0.4, 0.5) is 22.0 Å². The molecule has 0 unspecified atom stereocenters. The quantitative estimate of drug-likeness (QED) is 0.214. The predicted octanol–water partition coefficient (Wildman–Crippen LogP) is 3.64. The van der Waals surface area contributed by atoms with Gasteiger partial charge in [0.1, 0.15) is 24.0 Å². The first-order valence-corrected chi connectivity index (χ1v) is 13.3. The van der Waals surface area contributed by atoms with Gasteiger partial charge in [-0.05, 0) is 38.8 Å². The Balaban J connectivity index is 1.68. The lowest BCUT2D eigenvalue weighted by Gasteiger charge is -2.28. The van der Waals surface area contributed by atoms with E-state index in [1.807, 2.05) is 0 Å². The van der Waals surface area contributed by atoms with Gasteiger partial charge < -0.3 is 25.7 Å². The molecule has 1 aromatic heterocycles. The van der Waals surface area contributed by atoms with Gasteiger partial charge in [0.15, 0.2) is 23.2 Å². The van der Waals surface area contributed by atoms with Crippen molar-refractivity contribution in [2.24, 2.45) is 11.7 Å². The number of nitrogens with one attached hydrogen (secondary N) is 2. The van der Waals surface area contributed by atoms with E-state index in [0.29, 0.717) is 23.9 Å². The number of alkyl halides is 1. The molecule has 4 rings (SSSR count). The molecule has 1 fully saturated rings.